The minimum atomic E-state index is -0.356. The monoisotopic (exact) mass is 202 g/mol. The zero-order chi connectivity index (χ0) is 9.84. The lowest BCUT2D eigenvalue weighted by Gasteiger charge is -2.28. The summed E-state index contributed by atoms with van der Waals surface area (Å²) in [6.07, 6.45) is 1.12. The Kier molecular flexibility index (Phi) is 4.06. The summed E-state index contributed by atoms with van der Waals surface area (Å²) in [5, 5.41) is 0. The summed E-state index contributed by atoms with van der Waals surface area (Å²) < 4.78 is 0. The first kappa shape index (κ1) is 10.9. The molecule has 1 heterocycles. The Morgan fingerprint density at radius 2 is 2.46 bits per heavy atom. The van der Waals surface area contributed by atoms with E-state index >= 15 is 0 Å². The van der Waals surface area contributed by atoms with E-state index in [4.69, 9.17) is 5.73 Å². The van der Waals surface area contributed by atoms with Crippen molar-refractivity contribution in [2.75, 3.05) is 18.1 Å². The van der Waals surface area contributed by atoms with Crippen molar-refractivity contribution in [3.05, 3.63) is 0 Å². The van der Waals surface area contributed by atoms with E-state index in [0.29, 0.717) is 6.04 Å². The molecule has 0 unspecified atom stereocenters. The van der Waals surface area contributed by atoms with Crippen LogP contribution < -0.4 is 5.73 Å². The van der Waals surface area contributed by atoms with Gasteiger partial charge in [-0.25, -0.2) is 0 Å². The average Bonchev–Trinajstić information content (AvgIpc) is 2.58. The van der Waals surface area contributed by atoms with Crippen LogP contribution in [0.1, 0.15) is 20.3 Å². The molecule has 76 valence electrons. The summed E-state index contributed by atoms with van der Waals surface area (Å²) in [4.78, 5) is 13.6. The van der Waals surface area contributed by atoms with Gasteiger partial charge in [0.25, 0.3) is 0 Å². The van der Waals surface area contributed by atoms with Crippen LogP contribution in [-0.2, 0) is 4.79 Å². The molecule has 2 N–H and O–H groups in total. The molecule has 1 aliphatic rings. The van der Waals surface area contributed by atoms with Gasteiger partial charge >= 0.3 is 0 Å². The highest BCUT2D eigenvalue weighted by Crippen LogP contribution is 2.22. The smallest absolute Gasteiger partial charge is 0.239 e. The molecular weight excluding hydrogens is 184 g/mol. The van der Waals surface area contributed by atoms with E-state index in [1.807, 2.05) is 23.6 Å². The van der Waals surface area contributed by atoms with Crippen LogP contribution in [0, 0.1) is 0 Å². The first-order valence-corrected chi connectivity index (χ1v) is 5.96. The standard InChI is InChI=1S/C9H18N2OS/c1-3-11(9(12)7(2)10)8-4-5-13-6-8/h7-8H,3-6,10H2,1-2H3/t7-,8+/m1/s1. The molecule has 0 spiro atoms. The number of likely N-dealkylation sites (N-methyl/N-ethyl adjacent to an activating group) is 1. The van der Waals surface area contributed by atoms with Gasteiger partial charge in [-0.1, -0.05) is 0 Å². The van der Waals surface area contributed by atoms with Crippen LogP contribution in [0.25, 0.3) is 0 Å². The molecule has 0 aromatic carbocycles. The van der Waals surface area contributed by atoms with Crippen molar-refractivity contribution in [2.45, 2.75) is 32.4 Å². The highest BCUT2D eigenvalue weighted by Gasteiger charge is 2.26. The van der Waals surface area contributed by atoms with E-state index in [2.05, 4.69) is 0 Å². The first-order chi connectivity index (χ1) is 6.16. The molecule has 0 radical (unpaired) electrons. The Morgan fingerprint density at radius 1 is 1.77 bits per heavy atom. The highest BCUT2D eigenvalue weighted by atomic mass is 32.2. The van der Waals surface area contributed by atoms with Crippen LogP contribution in [0.4, 0.5) is 0 Å². The van der Waals surface area contributed by atoms with E-state index in [-0.39, 0.29) is 11.9 Å². The maximum absolute atomic E-state index is 11.7. The van der Waals surface area contributed by atoms with E-state index < -0.39 is 0 Å². The lowest BCUT2D eigenvalue weighted by atomic mass is 10.2. The van der Waals surface area contributed by atoms with Crippen LogP contribution in [-0.4, -0.2) is 40.9 Å². The quantitative estimate of drug-likeness (QED) is 0.732. The number of nitrogens with two attached hydrogens (primary N) is 1. The van der Waals surface area contributed by atoms with Gasteiger partial charge in [-0.05, 0) is 26.0 Å². The number of carbonyl (C=O) groups is 1. The number of amides is 1. The number of carbonyl (C=O) groups excluding carboxylic acids is 1. The van der Waals surface area contributed by atoms with E-state index in [0.717, 1.165) is 18.7 Å². The van der Waals surface area contributed by atoms with Gasteiger partial charge < -0.3 is 10.6 Å². The molecule has 4 heteroatoms. The second-order valence-corrected chi connectivity index (χ2v) is 4.58. The van der Waals surface area contributed by atoms with Crippen LogP contribution in [0.15, 0.2) is 0 Å². The molecule has 0 aromatic rings. The first-order valence-electron chi connectivity index (χ1n) is 4.80. The average molecular weight is 202 g/mol. The molecule has 1 saturated heterocycles. The maximum atomic E-state index is 11.7. The third-order valence-electron chi connectivity index (χ3n) is 2.36. The number of hydrogen-bond donors (Lipinski definition) is 1. The molecule has 13 heavy (non-hydrogen) atoms. The minimum Gasteiger partial charge on any atom is -0.338 e. The topological polar surface area (TPSA) is 46.3 Å². The van der Waals surface area contributed by atoms with Crippen LogP contribution in [0.5, 0.6) is 0 Å². The maximum Gasteiger partial charge on any atom is 0.239 e. The summed E-state index contributed by atoms with van der Waals surface area (Å²) >= 11 is 1.92. The molecule has 0 aliphatic carbocycles. The summed E-state index contributed by atoms with van der Waals surface area (Å²) in [5.74, 6) is 2.34. The Bertz CT molecular complexity index is 178. The molecule has 1 amide bonds. The predicted molar refractivity (Wildman–Crippen MR) is 56.8 cm³/mol. The van der Waals surface area contributed by atoms with Crippen molar-refractivity contribution in [3.8, 4) is 0 Å². The molecule has 1 fully saturated rings. The van der Waals surface area contributed by atoms with E-state index in [1.54, 1.807) is 6.92 Å². The predicted octanol–water partition coefficient (Wildman–Crippen LogP) is 0.688. The Labute approximate surface area is 84.0 Å². The lowest BCUT2D eigenvalue weighted by Crippen LogP contribution is -2.47. The number of hydrogen-bond acceptors (Lipinski definition) is 3. The largest absolute Gasteiger partial charge is 0.338 e. The van der Waals surface area contributed by atoms with Gasteiger partial charge in [0.2, 0.25) is 5.91 Å². The lowest BCUT2D eigenvalue weighted by molar-refractivity contribution is -0.133. The van der Waals surface area contributed by atoms with Crippen molar-refractivity contribution in [3.63, 3.8) is 0 Å². The molecule has 0 bridgehead atoms. The van der Waals surface area contributed by atoms with Crippen molar-refractivity contribution in [2.24, 2.45) is 5.73 Å². The van der Waals surface area contributed by atoms with Crippen LogP contribution in [0.3, 0.4) is 0 Å². The fourth-order valence-corrected chi connectivity index (χ4v) is 2.85. The number of thioether (sulfide) groups is 1. The van der Waals surface area contributed by atoms with Gasteiger partial charge in [0.05, 0.1) is 6.04 Å². The fraction of sp³-hybridized carbons (Fsp3) is 0.889. The van der Waals surface area contributed by atoms with Gasteiger partial charge in [-0.2, -0.15) is 11.8 Å². The second kappa shape index (κ2) is 4.86. The summed E-state index contributed by atoms with van der Waals surface area (Å²) in [7, 11) is 0. The number of rotatable bonds is 3. The number of nitrogens with zero attached hydrogens (tertiary/aromatic N) is 1. The summed E-state index contributed by atoms with van der Waals surface area (Å²) in [6, 6.07) is 0.0686. The SMILES string of the molecule is CCN(C(=O)[C@@H](C)N)[C@H]1CCSC1. The Morgan fingerprint density at radius 3 is 2.85 bits per heavy atom. The summed E-state index contributed by atoms with van der Waals surface area (Å²) in [5.41, 5.74) is 5.58. The normalized spacial score (nSPS) is 24.4. The molecule has 1 aliphatic heterocycles. The molecule has 0 aromatic heterocycles. The van der Waals surface area contributed by atoms with Crippen LogP contribution >= 0.6 is 11.8 Å². The van der Waals surface area contributed by atoms with Gasteiger partial charge in [0.1, 0.15) is 0 Å². The van der Waals surface area contributed by atoms with Crippen molar-refractivity contribution >= 4 is 17.7 Å². The molecule has 2 atom stereocenters. The molecule has 0 saturated carbocycles. The van der Waals surface area contributed by atoms with E-state index in [9.17, 15) is 4.79 Å². The molecule has 3 nitrogen and oxygen atoms in total. The van der Waals surface area contributed by atoms with Gasteiger partial charge in [0.15, 0.2) is 0 Å². The van der Waals surface area contributed by atoms with Crippen LogP contribution in [0.2, 0.25) is 0 Å². The Balaban J connectivity index is 2.55. The van der Waals surface area contributed by atoms with Gasteiger partial charge in [-0.15, -0.1) is 0 Å². The fourth-order valence-electron chi connectivity index (χ4n) is 1.62. The zero-order valence-electron chi connectivity index (χ0n) is 8.32. The Hall–Kier alpha value is -0.220. The van der Waals surface area contributed by atoms with Crippen molar-refractivity contribution < 1.29 is 4.79 Å². The highest BCUT2D eigenvalue weighted by molar-refractivity contribution is 7.99. The van der Waals surface area contributed by atoms with E-state index in [1.165, 1.54) is 5.75 Å². The van der Waals surface area contributed by atoms with Crippen molar-refractivity contribution in [1.29, 1.82) is 0 Å². The zero-order valence-corrected chi connectivity index (χ0v) is 9.14. The third kappa shape index (κ3) is 2.61. The molecular formula is C9H18N2OS. The van der Waals surface area contributed by atoms with Gasteiger partial charge in [0, 0.05) is 18.3 Å². The second-order valence-electron chi connectivity index (χ2n) is 3.43. The molecule has 1 rings (SSSR count). The third-order valence-corrected chi connectivity index (χ3v) is 3.50. The minimum absolute atomic E-state index is 0.0926. The summed E-state index contributed by atoms with van der Waals surface area (Å²) in [6.45, 7) is 4.56. The van der Waals surface area contributed by atoms with Gasteiger partial charge in [-0.3, -0.25) is 4.79 Å². The van der Waals surface area contributed by atoms with Crippen molar-refractivity contribution in [1.82, 2.24) is 4.90 Å².